The van der Waals surface area contributed by atoms with Gasteiger partial charge >= 0.3 is 5.97 Å². The minimum Gasteiger partial charge on any atom is -0.466 e. The number of benzene rings is 1. The van der Waals surface area contributed by atoms with Gasteiger partial charge in [-0.2, -0.15) is 0 Å². The van der Waals surface area contributed by atoms with E-state index in [4.69, 9.17) is 11.6 Å². The van der Waals surface area contributed by atoms with E-state index in [9.17, 15) is 13.6 Å². The van der Waals surface area contributed by atoms with Gasteiger partial charge in [-0.3, -0.25) is 0 Å². The number of carbonyl (C=O) groups is 1. The summed E-state index contributed by atoms with van der Waals surface area (Å²) in [6.45, 7) is 0. The Labute approximate surface area is 90.1 Å². The van der Waals surface area contributed by atoms with Gasteiger partial charge in [0.15, 0.2) is 0 Å². The fourth-order valence-electron chi connectivity index (χ4n) is 0.904. The van der Waals surface area contributed by atoms with Crippen molar-refractivity contribution in [1.29, 1.82) is 0 Å². The summed E-state index contributed by atoms with van der Waals surface area (Å²) >= 11 is 5.27. The molecule has 0 spiro atoms. The molecule has 0 amide bonds. The van der Waals surface area contributed by atoms with Crippen molar-refractivity contribution in [2.45, 2.75) is 0 Å². The van der Waals surface area contributed by atoms with E-state index in [1.165, 1.54) is 13.2 Å². The summed E-state index contributed by atoms with van der Waals surface area (Å²) in [7, 11) is 1.20. The first-order valence-electron chi connectivity index (χ1n) is 3.95. The number of methoxy groups -OCH3 is 1. The van der Waals surface area contributed by atoms with Crippen LogP contribution in [0.25, 0.3) is 6.08 Å². The third kappa shape index (κ3) is 3.02. The summed E-state index contributed by atoms with van der Waals surface area (Å²) < 4.78 is 30.2. The molecule has 0 radical (unpaired) electrons. The lowest BCUT2D eigenvalue weighted by molar-refractivity contribution is -0.134. The largest absolute Gasteiger partial charge is 0.466 e. The standard InChI is InChI=1S/C10H7ClF2O2/c1-15-9(14)3-2-6-4-7(12)10(11)8(13)5-6/h2-5H,1H3. The van der Waals surface area contributed by atoms with Crippen LogP contribution in [0.15, 0.2) is 18.2 Å². The zero-order valence-electron chi connectivity index (χ0n) is 7.76. The van der Waals surface area contributed by atoms with Gasteiger partial charge in [-0.15, -0.1) is 0 Å². The Balaban J connectivity index is 2.97. The topological polar surface area (TPSA) is 26.3 Å². The molecule has 0 unspecified atom stereocenters. The molecule has 0 saturated carbocycles. The van der Waals surface area contributed by atoms with Crippen LogP contribution in [0.2, 0.25) is 5.02 Å². The lowest BCUT2D eigenvalue weighted by atomic mass is 10.2. The molecule has 0 N–H and O–H groups in total. The van der Waals surface area contributed by atoms with Crippen LogP contribution in [0.5, 0.6) is 0 Å². The Morgan fingerprint density at radius 3 is 2.40 bits per heavy atom. The van der Waals surface area contributed by atoms with Gasteiger partial charge in [0.25, 0.3) is 0 Å². The van der Waals surface area contributed by atoms with E-state index in [0.29, 0.717) is 0 Å². The van der Waals surface area contributed by atoms with Crippen molar-refractivity contribution >= 4 is 23.6 Å². The van der Waals surface area contributed by atoms with Crippen LogP contribution in [0, 0.1) is 11.6 Å². The molecule has 0 saturated heterocycles. The molecule has 0 atom stereocenters. The monoisotopic (exact) mass is 232 g/mol. The van der Waals surface area contributed by atoms with Crippen LogP contribution in [0.3, 0.4) is 0 Å². The fourth-order valence-corrected chi connectivity index (χ4v) is 1.01. The summed E-state index contributed by atoms with van der Waals surface area (Å²) in [5.41, 5.74) is 0.194. The third-order valence-electron chi connectivity index (χ3n) is 1.62. The second-order valence-corrected chi connectivity index (χ2v) is 3.03. The van der Waals surface area contributed by atoms with Crippen LogP contribution in [-0.4, -0.2) is 13.1 Å². The maximum Gasteiger partial charge on any atom is 0.330 e. The van der Waals surface area contributed by atoms with Crippen LogP contribution in [-0.2, 0) is 9.53 Å². The molecule has 5 heteroatoms. The molecule has 0 fully saturated rings. The highest BCUT2D eigenvalue weighted by Crippen LogP contribution is 2.20. The van der Waals surface area contributed by atoms with Gasteiger partial charge in [0, 0.05) is 6.08 Å². The molecule has 0 bridgehead atoms. The molecule has 0 aliphatic carbocycles. The number of ether oxygens (including phenoxy) is 1. The highest BCUT2D eigenvalue weighted by atomic mass is 35.5. The van der Waals surface area contributed by atoms with E-state index in [2.05, 4.69) is 4.74 Å². The van der Waals surface area contributed by atoms with Crippen LogP contribution in [0.4, 0.5) is 8.78 Å². The maximum absolute atomic E-state index is 12.9. The minimum absolute atomic E-state index is 0.194. The number of halogens is 3. The molecule has 0 heterocycles. The Bertz CT molecular complexity index is 393. The zero-order chi connectivity index (χ0) is 11.4. The number of hydrogen-bond donors (Lipinski definition) is 0. The first kappa shape index (κ1) is 11.7. The molecule has 80 valence electrons. The summed E-state index contributed by atoms with van der Waals surface area (Å²) in [4.78, 5) is 10.7. The summed E-state index contributed by atoms with van der Waals surface area (Å²) in [5.74, 6) is -2.35. The first-order valence-corrected chi connectivity index (χ1v) is 4.33. The molecule has 2 nitrogen and oxygen atoms in total. The SMILES string of the molecule is COC(=O)C=Cc1cc(F)c(Cl)c(F)c1. The van der Waals surface area contributed by atoms with Crippen molar-refractivity contribution in [3.8, 4) is 0 Å². The van der Waals surface area contributed by atoms with Crippen molar-refractivity contribution in [3.63, 3.8) is 0 Å². The van der Waals surface area contributed by atoms with E-state index >= 15 is 0 Å². The summed E-state index contributed by atoms with van der Waals surface area (Å²) in [6, 6.07) is 2.04. The van der Waals surface area contributed by atoms with Crippen LogP contribution >= 0.6 is 11.6 Å². The smallest absolute Gasteiger partial charge is 0.330 e. The van der Waals surface area contributed by atoms with Gasteiger partial charge in [0.2, 0.25) is 0 Å². The molecule has 0 aromatic heterocycles. The van der Waals surface area contributed by atoms with Crippen molar-refractivity contribution in [3.05, 3.63) is 40.4 Å². The Morgan fingerprint density at radius 1 is 1.40 bits per heavy atom. The lowest BCUT2D eigenvalue weighted by Gasteiger charge is -1.98. The fraction of sp³-hybridized carbons (Fsp3) is 0.100. The molecule has 1 aromatic carbocycles. The zero-order valence-corrected chi connectivity index (χ0v) is 8.52. The summed E-state index contributed by atoms with van der Waals surface area (Å²) in [5, 5.41) is -0.565. The number of hydrogen-bond acceptors (Lipinski definition) is 2. The number of rotatable bonds is 2. The van der Waals surface area contributed by atoms with Crippen molar-refractivity contribution in [2.24, 2.45) is 0 Å². The predicted octanol–water partition coefficient (Wildman–Crippen LogP) is 2.80. The summed E-state index contributed by atoms with van der Waals surface area (Å²) in [6.07, 6.45) is 2.29. The molecule has 1 aromatic rings. The van der Waals surface area contributed by atoms with E-state index in [-0.39, 0.29) is 5.56 Å². The molecular formula is C10H7ClF2O2. The van der Waals surface area contributed by atoms with E-state index in [1.54, 1.807) is 0 Å². The predicted molar refractivity (Wildman–Crippen MR) is 52.4 cm³/mol. The molecule has 0 aliphatic heterocycles. The average molecular weight is 233 g/mol. The van der Waals surface area contributed by atoms with Gasteiger partial charge in [-0.1, -0.05) is 11.6 Å². The highest BCUT2D eigenvalue weighted by molar-refractivity contribution is 6.30. The number of esters is 1. The second kappa shape index (κ2) is 4.89. The quantitative estimate of drug-likeness (QED) is 0.445. The molecular weight excluding hydrogens is 226 g/mol. The van der Waals surface area contributed by atoms with Crippen molar-refractivity contribution < 1.29 is 18.3 Å². The van der Waals surface area contributed by atoms with Crippen LogP contribution < -0.4 is 0 Å². The Hall–Kier alpha value is -1.42. The average Bonchev–Trinajstić information content (AvgIpc) is 2.22. The molecule has 1 rings (SSSR count). The van der Waals surface area contributed by atoms with Gasteiger partial charge in [-0.05, 0) is 23.8 Å². The maximum atomic E-state index is 12.9. The third-order valence-corrected chi connectivity index (χ3v) is 1.98. The Morgan fingerprint density at radius 2 is 1.93 bits per heavy atom. The molecule has 0 aliphatic rings. The van der Waals surface area contributed by atoms with E-state index in [1.807, 2.05) is 0 Å². The molecule has 15 heavy (non-hydrogen) atoms. The van der Waals surface area contributed by atoms with Crippen LogP contribution in [0.1, 0.15) is 5.56 Å². The van der Waals surface area contributed by atoms with Gasteiger partial charge in [0.1, 0.15) is 16.7 Å². The van der Waals surface area contributed by atoms with Crippen molar-refractivity contribution in [2.75, 3.05) is 7.11 Å². The lowest BCUT2D eigenvalue weighted by Crippen LogP contribution is -1.93. The normalized spacial score (nSPS) is 10.7. The van der Waals surface area contributed by atoms with E-state index in [0.717, 1.165) is 18.2 Å². The van der Waals surface area contributed by atoms with Gasteiger partial charge in [0.05, 0.1) is 7.11 Å². The highest BCUT2D eigenvalue weighted by Gasteiger charge is 2.07. The Kier molecular flexibility index (Phi) is 3.80. The first-order chi connectivity index (χ1) is 7.04. The number of carbonyl (C=O) groups excluding carboxylic acids is 1. The van der Waals surface area contributed by atoms with Gasteiger partial charge < -0.3 is 4.74 Å². The van der Waals surface area contributed by atoms with Crippen molar-refractivity contribution in [1.82, 2.24) is 0 Å². The van der Waals surface area contributed by atoms with E-state index < -0.39 is 22.6 Å². The second-order valence-electron chi connectivity index (χ2n) is 2.66. The van der Waals surface area contributed by atoms with Gasteiger partial charge in [-0.25, -0.2) is 13.6 Å². The minimum atomic E-state index is -0.874.